The van der Waals surface area contributed by atoms with E-state index in [9.17, 15) is 4.79 Å². The van der Waals surface area contributed by atoms with Crippen molar-refractivity contribution in [1.82, 2.24) is 4.72 Å². The van der Waals surface area contributed by atoms with Gasteiger partial charge in [-0.3, -0.25) is 4.79 Å². The molecule has 0 saturated heterocycles. The number of carbonyl (C=O) groups excluding carboxylic acids is 1. The summed E-state index contributed by atoms with van der Waals surface area (Å²) < 4.78 is 2.46. The van der Waals surface area contributed by atoms with E-state index < -0.39 is 0 Å². The van der Waals surface area contributed by atoms with Crippen LogP contribution in [-0.2, 0) is 4.79 Å². The van der Waals surface area contributed by atoms with Crippen LogP contribution in [0.15, 0.2) is 0 Å². The number of hydrogen-bond donors (Lipinski definition) is 2. The zero-order valence-corrected chi connectivity index (χ0v) is 5.49. The van der Waals surface area contributed by atoms with Crippen molar-refractivity contribution in [2.24, 2.45) is 0 Å². The minimum Gasteiger partial charge on any atom is -0.395 e. The molecule has 1 amide bonds. The van der Waals surface area contributed by atoms with Gasteiger partial charge in [-0.05, 0) is 11.9 Å². The summed E-state index contributed by atoms with van der Waals surface area (Å²) in [4.78, 5) is 10.1. The molecular weight excluding hydrogens is 126 g/mol. The van der Waals surface area contributed by atoms with Gasteiger partial charge in [-0.1, -0.05) is 0 Å². The number of rotatable bonds is 3. The van der Waals surface area contributed by atoms with Gasteiger partial charge in [-0.2, -0.15) is 0 Å². The van der Waals surface area contributed by atoms with E-state index in [1.165, 1.54) is 18.9 Å². The fourth-order valence-corrected chi connectivity index (χ4v) is 0.595. The maximum absolute atomic E-state index is 10.1. The average molecular weight is 135 g/mol. The lowest BCUT2D eigenvalue weighted by Crippen LogP contribution is -2.11. The van der Waals surface area contributed by atoms with Gasteiger partial charge in [0.1, 0.15) is 0 Å². The Morgan fingerprint density at radius 2 is 2.50 bits per heavy atom. The lowest BCUT2D eigenvalue weighted by Gasteiger charge is -1.95. The number of carbonyl (C=O) groups is 1. The molecule has 4 heteroatoms. The molecule has 48 valence electrons. The van der Waals surface area contributed by atoms with Gasteiger partial charge in [0.2, 0.25) is 5.91 Å². The summed E-state index contributed by atoms with van der Waals surface area (Å²) in [6.45, 7) is 1.54. The maximum atomic E-state index is 10.1. The van der Waals surface area contributed by atoms with Crippen LogP contribution in [0.2, 0.25) is 0 Å². The molecule has 0 atom stereocenters. The Morgan fingerprint density at radius 3 is 2.88 bits per heavy atom. The van der Waals surface area contributed by atoms with Gasteiger partial charge in [-0.15, -0.1) is 0 Å². The molecule has 0 rings (SSSR count). The predicted molar refractivity (Wildman–Crippen MR) is 33.4 cm³/mol. The average Bonchev–Trinajstić information content (AvgIpc) is 1.66. The van der Waals surface area contributed by atoms with Gasteiger partial charge >= 0.3 is 0 Å². The first-order chi connectivity index (χ1) is 3.77. The molecule has 2 N–H and O–H groups in total. The Labute approximate surface area is 52.6 Å². The van der Waals surface area contributed by atoms with Crippen molar-refractivity contribution >= 4 is 17.9 Å². The normalized spacial score (nSPS) is 8.75. The summed E-state index contributed by atoms with van der Waals surface area (Å²) >= 11 is 1.21. The molecular formula is C4H9NO2S. The quantitative estimate of drug-likeness (QED) is 0.415. The van der Waals surface area contributed by atoms with Crippen LogP contribution >= 0.6 is 11.9 Å². The second kappa shape index (κ2) is 4.93. The van der Waals surface area contributed by atoms with E-state index in [0.717, 1.165) is 0 Å². The Bertz CT molecular complexity index is 76.4. The lowest BCUT2D eigenvalue weighted by atomic mass is 10.8. The van der Waals surface area contributed by atoms with Crippen LogP contribution in [0.1, 0.15) is 6.92 Å². The van der Waals surface area contributed by atoms with E-state index >= 15 is 0 Å². The van der Waals surface area contributed by atoms with Crippen LogP contribution in [0.5, 0.6) is 0 Å². The zero-order chi connectivity index (χ0) is 6.41. The highest BCUT2D eigenvalue weighted by Gasteiger charge is 1.87. The van der Waals surface area contributed by atoms with Crippen LogP contribution in [0.25, 0.3) is 0 Å². The standard InChI is InChI=1S/C4H9NO2S/c1-4(7)5-8-3-2-6/h6H,2-3H2,1H3,(H,5,7). The zero-order valence-electron chi connectivity index (χ0n) is 4.68. The molecule has 0 aliphatic carbocycles. The first-order valence-electron chi connectivity index (χ1n) is 2.26. The summed E-state index contributed by atoms with van der Waals surface area (Å²) in [5.41, 5.74) is 0. The molecule has 3 nitrogen and oxygen atoms in total. The summed E-state index contributed by atoms with van der Waals surface area (Å²) in [6, 6.07) is 0. The highest BCUT2D eigenvalue weighted by molar-refractivity contribution is 7.97. The van der Waals surface area contributed by atoms with E-state index in [0.29, 0.717) is 5.75 Å². The van der Waals surface area contributed by atoms with E-state index in [1.54, 1.807) is 0 Å². The number of aliphatic hydroxyl groups is 1. The summed E-state index contributed by atoms with van der Waals surface area (Å²) in [5.74, 6) is 0.475. The first-order valence-corrected chi connectivity index (χ1v) is 3.25. The van der Waals surface area contributed by atoms with Crippen molar-refractivity contribution in [3.05, 3.63) is 0 Å². The van der Waals surface area contributed by atoms with E-state index in [4.69, 9.17) is 5.11 Å². The van der Waals surface area contributed by atoms with Gasteiger partial charge in [0.25, 0.3) is 0 Å². The fourth-order valence-electron chi connectivity index (χ4n) is 0.198. The van der Waals surface area contributed by atoms with Crippen molar-refractivity contribution in [1.29, 1.82) is 0 Å². The predicted octanol–water partition coefficient (Wildman–Crippen LogP) is -0.237. The third-order valence-corrected chi connectivity index (χ3v) is 1.23. The second-order valence-electron chi connectivity index (χ2n) is 1.23. The molecule has 8 heavy (non-hydrogen) atoms. The van der Waals surface area contributed by atoms with Crippen LogP contribution < -0.4 is 4.72 Å². The van der Waals surface area contributed by atoms with Crippen LogP contribution in [0, 0.1) is 0 Å². The Hall–Kier alpha value is -0.220. The van der Waals surface area contributed by atoms with Crippen LogP contribution in [-0.4, -0.2) is 23.4 Å². The minimum absolute atomic E-state index is 0.0801. The largest absolute Gasteiger partial charge is 0.395 e. The molecule has 0 spiro atoms. The van der Waals surface area contributed by atoms with E-state index in [1.807, 2.05) is 0 Å². The summed E-state index contributed by atoms with van der Waals surface area (Å²) in [5, 5.41) is 8.21. The molecule has 0 radical (unpaired) electrons. The van der Waals surface area contributed by atoms with Crippen LogP contribution in [0.4, 0.5) is 0 Å². The number of nitrogens with one attached hydrogen (secondary N) is 1. The minimum atomic E-state index is -0.0801. The maximum Gasteiger partial charge on any atom is 0.226 e. The third kappa shape index (κ3) is 5.78. The molecule has 0 aliphatic rings. The van der Waals surface area contributed by atoms with E-state index in [-0.39, 0.29) is 12.5 Å². The van der Waals surface area contributed by atoms with Crippen molar-refractivity contribution in [2.75, 3.05) is 12.4 Å². The Kier molecular flexibility index (Phi) is 4.79. The van der Waals surface area contributed by atoms with E-state index in [2.05, 4.69) is 4.72 Å². The number of amides is 1. The summed E-state index contributed by atoms with van der Waals surface area (Å²) in [6.07, 6.45) is 0. The van der Waals surface area contributed by atoms with Gasteiger partial charge in [-0.25, -0.2) is 0 Å². The molecule has 0 aromatic rings. The van der Waals surface area contributed by atoms with Crippen molar-refractivity contribution in [3.8, 4) is 0 Å². The number of hydrogen-bond acceptors (Lipinski definition) is 3. The van der Waals surface area contributed by atoms with Crippen molar-refractivity contribution < 1.29 is 9.90 Å². The van der Waals surface area contributed by atoms with Gasteiger partial charge < -0.3 is 9.83 Å². The van der Waals surface area contributed by atoms with Crippen molar-refractivity contribution in [2.45, 2.75) is 6.92 Å². The highest BCUT2D eigenvalue weighted by Crippen LogP contribution is 1.88. The SMILES string of the molecule is CC(=O)NSCCO. The topological polar surface area (TPSA) is 49.3 Å². The van der Waals surface area contributed by atoms with Crippen molar-refractivity contribution in [3.63, 3.8) is 0 Å². The first kappa shape index (κ1) is 7.78. The molecule has 0 fully saturated rings. The molecule has 0 saturated carbocycles. The second-order valence-corrected chi connectivity index (χ2v) is 2.13. The Morgan fingerprint density at radius 1 is 1.88 bits per heavy atom. The molecule has 0 unspecified atom stereocenters. The van der Waals surface area contributed by atoms with Gasteiger partial charge in [0.05, 0.1) is 6.61 Å². The molecule has 0 aromatic heterocycles. The van der Waals surface area contributed by atoms with Gasteiger partial charge in [0, 0.05) is 12.7 Å². The highest BCUT2D eigenvalue weighted by atomic mass is 32.2. The fraction of sp³-hybridized carbons (Fsp3) is 0.750. The smallest absolute Gasteiger partial charge is 0.226 e. The Balaban J connectivity index is 2.82. The molecule has 0 heterocycles. The number of aliphatic hydroxyl groups excluding tert-OH is 1. The third-order valence-electron chi connectivity index (χ3n) is 0.409. The molecule has 0 aliphatic heterocycles. The molecule has 0 aromatic carbocycles. The molecule has 0 bridgehead atoms. The van der Waals surface area contributed by atoms with Gasteiger partial charge in [0.15, 0.2) is 0 Å². The summed E-state index contributed by atoms with van der Waals surface area (Å²) in [7, 11) is 0. The lowest BCUT2D eigenvalue weighted by molar-refractivity contribution is -0.117. The van der Waals surface area contributed by atoms with Crippen LogP contribution in [0.3, 0.4) is 0 Å². The monoisotopic (exact) mass is 135 g/mol.